The Morgan fingerprint density at radius 2 is 1.70 bits per heavy atom. The van der Waals surface area contributed by atoms with E-state index in [0.29, 0.717) is 10.6 Å². The molecule has 1 N–H and O–H groups in total. The van der Waals surface area contributed by atoms with E-state index in [9.17, 15) is 14.0 Å². The van der Waals surface area contributed by atoms with Gasteiger partial charge in [-0.05, 0) is 50.1 Å². The van der Waals surface area contributed by atoms with Gasteiger partial charge in [0.15, 0.2) is 0 Å². The first-order valence-electron chi connectivity index (χ1n) is 8.85. The first kappa shape index (κ1) is 20.9. The average molecular weight is 391 g/mol. The van der Waals surface area contributed by atoms with Gasteiger partial charge in [-0.2, -0.15) is 0 Å². The topological polar surface area (TPSA) is 49.4 Å². The Morgan fingerprint density at radius 1 is 1.07 bits per heavy atom. The van der Waals surface area contributed by atoms with E-state index < -0.39 is 11.9 Å². The SMILES string of the molecule is CC(C)NC(=O)C(C)N(Cc1ccc(Cl)cc1)C(=O)Cc1ccccc1F. The standard InChI is InChI=1S/C21H24ClFN2O2/c1-14(2)24-21(27)15(3)25(13-16-8-10-18(22)11-9-16)20(26)12-17-6-4-5-7-19(17)23/h4-11,14-15H,12-13H2,1-3H3,(H,24,27). The summed E-state index contributed by atoms with van der Waals surface area (Å²) in [6, 6.07) is 12.5. The van der Waals surface area contributed by atoms with Gasteiger partial charge < -0.3 is 10.2 Å². The van der Waals surface area contributed by atoms with Gasteiger partial charge in [-0.3, -0.25) is 9.59 Å². The predicted molar refractivity (Wildman–Crippen MR) is 105 cm³/mol. The van der Waals surface area contributed by atoms with Crippen molar-refractivity contribution in [1.82, 2.24) is 10.2 Å². The van der Waals surface area contributed by atoms with E-state index >= 15 is 0 Å². The van der Waals surface area contributed by atoms with Crippen LogP contribution in [0.15, 0.2) is 48.5 Å². The van der Waals surface area contributed by atoms with Gasteiger partial charge in [-0.15, -0.1) is 0 Å². The molecule has 0 saturated carbocycles. The zero-order chi connectivity index (χ0) is 20.0. The molecule has 0 aliphatic heterocycles. The first-order chi connectivity index (χ1) is 12.8. The van der Waals surface area contributed by atoms with Crippen LogP contribution in [0.1, 0.15) is 31.9 Å². The van der Waals surface area contributed by atoms with Crippen LogP contribution in [0.2, 0.25) is 5.02 Å². The van der Waals surface area contributed by atoms with Gasteiger partial charge in [0.25, 0.3) is 0 Å². The lowest BCUT2D eigenvalue weighted by atomic mass is 10.1. The number of nitrogens with one attached hydrogen (secondary N) is 1. The molecular formula is C21H24ClFN2O2. The predicted octanol–water partition coefficient (Wildman–Crippen LogP) is 3.96. The van der Waals surface area contributed by atoms with E-state index in [1.165, 1.54) is 11.0 Å². The molecule has 1 atom stereocenters. The molecule has 1 unspecified atom stereocenters. The fourth-order valence-electron chi connectivity index (χ4n) is 2.68. The highest BCUT2D eigenvalue weighted by Crippen LogP contribution is 2.16. The number of rotatable bonds is 7. The van der Waals surface area contributed by atoms with Gasteiger partial charge in [0.05, 0.1) is 6.42 Å². The van der Waals surface area contributed by atoms with Crippen molar-refractivity contribution in [3.63, 3.8) is 0 Å². The quantitative estimate of drug-likeness (QED) is 0.777. The van der Waals surface area contributed by atoms with Gasteiger partial charge in [-0.1, -0.05) is 41.9 Å². The second-order valence-electron chi connectivity index (χ2n) is 6.76. The van der Waals surface area contributed by atoms with Crippen molar-refractivity contribution >= 4 is 23.4 Å². The lowest BCUT2D eigenvalue weighted by molar-refractivity contribution is -0.140. The van der Waals surface area contributed by atoms with E-state index in [1.807, 2.05) is 13.8 Å². The molecule has 0 radical (unpaired) electrons. The molecule has 0 aliphatic rings. The summed E-state index contributed by atoms with van der Waals surface area (Å²) in [7, 11) is 0. The summed E-state index contributed by atoms with van der Waals surface area (Å²) in [4.78, 5) is 26.8. The van der Waals surface area contributed by atoms with Crippen molar-refractivity contribution in [2.75, 3.05) is 0 Å². The summed E-state index contributed by atoms with van der Waals surface area (Å²) >= 11 is 5.92. The summed E-state index contributed by atoms with van der Waals surface area (Å²) in [5, 5.41) is 3.41. The molecular weight excluding hydrogens is 367 g/mol. The van der Waals surface area contributed by atoms with E-state index in [2.05, 4.69) is 5.32 Å². The maximum Gasteiger partial charge on any atom is 0.242 e. The Bertz CT molecular complexity index is 793. The smallest absolute Gasteiger partial charge is 0.242 e. The Morgan fingerprint density at radius 3 is 2.30 bits per heavy atom. The molecule has 144 valence electrons. The molecule has 27 heavy (non-hydrogen) atoms. The Kier molecular flexibility index (Phi) is 7.36. The van der Waals surface area contributed by atoms with Crippen LogP contribution in [-0.4, -0.2) is 28.8 Å². The molecule has 0 heterocycles. The Balaban J connectivity index is 2.24. The summed E-state index contributed by atoms with van der Waals surface area (Å²) in [6.45, 7) is 5.62. The number of amides is 2. The molecule has 0 bridgehead atoms. The minimum atomic E-state index is -0.692. The zero-order valence-electron chi connectivity index (χ0n) is 15.7. The van der Waals surface area contributed by atoms with Crippen molar-refractivity contribution in [2.24, 2.45) is 0 Å². The van der Waals surface area contributed by atoms with Crippen LogP contribution in [0, 0.1) is 5.82 Å². The van der Waals surface area contributed by atoms with Crippen molar-refractivity contribution in [3.8, 4) is 0 Å². The minimum absolute atomic E-state index is 0.0426. The molecule has 0 fully saturated rings. The molecule has 6 heteroatoms. The molecule has 2 rings (SSSR count). The van der Waals surface area contributed by atoms with Gasteiger partial charge in [0, 0.05) is 17.6 Å². The van der Waals surface area contributed by atoms with Crippen molar-refractivity contribution < 1.29 is 14.0 Å². The lowest BCUT2D eigenvalue weighted by Crippen LogP contribution is -2.49. The molecule has 0 saturated heterocycles. The monoisotopic (exact) mass is 390 g/mol. The number of hydrogen-bond donors (Lipinski definition) is 1. The van der Waals surface area contributed by atoms with Gasteiger partial charge in [0.1, 0.15) is 11.9 Å². The highest BCUT2D eigenvalue weighted by atomic mass is 35.5. The van der Waals surface area contributed by atoms with Crippen LogP contribution in [0.4, 0.5) is 4.39 Å². The maximum absolute atomic E-state index is 14.0. The number of carbonyl (C=O) groups is 2. The van der Waals surface area contributed by atoms with E-state index in [-0.39, 0.29) is 30.8 Å². The van der Waals surface area contributed by atoms with Crippen LogP contribution in [-0.2, 0) is 22.6 Å². The molecule has 0 aliphatic carbocycles. The summed E-state index contributed by atoms with van der Waals surface area (Å²) in [5.74, 6) is -1.00. The second kappa shape index (κ2) is 9.51. The first-order valence-corrected chi connectivity index (χ1v) is 9.23. The Labute approximate surface area is 164 Å². The third-order valence-electron chi connectivity index (χ3n) is 4.16. The van der Waals surface area contributed by atoms with E-state index in [1.54, 1.807) is 49.4 Å². The summed E-state index contributed by atoms with van der Waals surface area (Å²) in [5.41, 5.74) is 1.14. The fourth-order valence-corrected chi connectivity index (χ4v) is 2.81. The third-order valence-corrected chi connectivity index (χ3v) is 4.42. The fraction of sp³-hybridized carbons (Fsp3) is 0.333. The molecule has 0 spiro atoms. The number of hydrogen-bond acceptors (Lipinski definition) is 2. The highest BCUT2D eigenvalue weighted by Gasteiger charge is 2.27. The van der Waals surface area contributed by atoms with Crippen LogP contribution < -0.4 is 5.32 Å². The third kappa shape index (κ3) is 6.07. The molecule has 0 aromatic heterocycles. The van der Waals surface area contributed by atoms with Crippen LogP contribution in [0.3, 0.4) is 0 Å². The van der Waals surface area contributed by atoms with Gasteiger partial charge in [0.2, 0.25) is 11.8 Å². The number of halogens is 2. The number of nitrogens with zero attached hydrogens (tertiary/aromatic N) is 1. The summed E-state index contributed by atoms with van der Waals surface area (Å²) in [6.07, 6.45) is -0.112. The van der Waals surface area contributed by atoms with Crippen LogP contribution in [0.25, 0.3) is 0 Å². The Hall–Kier alpha value is -2.40. The van der Waals surface area contributed by atoms with E-state index in [0.717, 1.165) is 5.56 Å². The largest absolute Gasteiger partial charge is 0.352 e. The highest BCUT2D eigenvalue weighted by molar-refractivity contribution is 6.30. The van der Waals surface area contributed by atoms with Crippen molar-refractivity contribution in [3.05, 3.63) is 70.5 Å². The molecule has 2 amide bonds. The van der Waals surface area contributed by atoms with Crippen LogP contribution in [0.5, 0.6) is 0 Å². The van der Waals surface area contributed by atoms with Crippen molar-refractivity contribution in [2.45, 2.75) is 45.8 Å². The summed E-state index contributed by atoms with van der Waals surface area (Å²) < 4.78 is 14.0. The number of benzene rings is 2. The van der Waals surface area contributed by atoms with Crippen molar-refractivity contribution in [1.29, 1.82) is 0 Å². The van der Waals surface area contributed by atoms with Crippen LogP contribution >= 0.6 is 11.6 Å². The second-order valence-corrected chi connectivity index (χ2v) is 7.19. The minimum Gasteiger partial charge on any atom is -0.352 e. The number of carbonyl (C=O) groups excluding carboxylic acids is 2. The maximum atomic E-state index is 14.0. The molecule has 2 aromatic carbocycles. The van der Waals surface area contributed by atoms with E-state index in [4.69, 9.17) is 11.6 Å². The normalized spacial score (nSPS) is 11.9. The average Bonchev–Trinajstić information content (AvgIpc) is 2.62. The lowest BCUT2D eigenvalue weighted by Gasteiger charge is -2.29. The molecule has 2 aromatic rings. The zero-order valence-corrected chi connectivity index (χ0v) is 16.5. The van der Waals surface area contributed by atoms with Gasteiger partial charge in [-0.25, -0.2) is 4.39 Å². The molecule has 4 nitrogen and oxygen atoms in total. The van der Waals surface area contributed by atoms with Gasteiger partial charge >= 0.3 is 0 Å².